The molecule has 0 aliphatic rings. The van der Waals surface area contributed by atoms with Crippen molar-refractivity contribution < 1.29 is 44.1 Å². The zero-order valence-corrected chi connectivity index (χ0v) is 19.6. The predicted molar refractivity (Wildman–Crippen MR) is 124 cm³/mol. The van der Waals surface area contributed by atoms with E-state index in [9.17, 15) is 28.8 Å². The maximum Gasteiger partial charge on any atom is 0.326 e. The van der Waals surface area contributed by atoms with Crippen LogP contribution >= 0.6 is 12.6 Å². The Morgan fingerprint density at radius 3 is 1.83 bits per heavy atom. The van der Waals surface area contributed by atoms with Crippen molar-refractivity contribution in [3.63, 3.8) is 0 Å². The fourth-order valence-electron chi connectivity index (χ4n) is 2.58. The van der Waals surface area contributed by atoms with E-state index in [1.54, 1.807) is 0 Å². The number of nitrogens with one attached hydrogen (secondary N) is 3. The molecule has 198 valence electrons. The first-order chi connectivity index (χ1) is 16.3. The zero-order valence-electron chi connectivity index (χ0n) is 18.7. The Hall–Kier alpha value is -3.60. The smallest absolute Gasteiger partial charge is 0.326 e. The molecule has 0 spiro atoms. The molecule has 0 fully saturated rings. The summed E-state index contributed by atoms with van der Waals surface area (Å²) in [5.41, 5.74) is 16.2. The van der Waals surface area contributed by atoms with Crippen LogP contribution in [0.15, 0.2) is 4.99 Å². The number of rotatable bonds is 17. The van der Waals surface area contributed by atoms with Crippen LogP contribution in [0.2, 0.25) is 0 Å². The van der Waals surface area contributed by atoms with Crippen LogP contribution in [-0.4, -0.2) is 93.4 Å². The van der Waals surface area contributed by atoms with E-state index in [-0.39, 0.29) is 31.1 Å². The molecular weight excluding hydrogens is 490 g/mol. The molecule has 0 aromatic carbocycles. The Morgan fingerprint density at radius 1 is 0.800 bits per heavy atom. The van der Waals surface area contributed by atoms with Crippen molar-refractivity contribution in [3.8, 4) is 0 Å². The third-order valence-electron chi connectivity index (χ3n) is 4.39. The summed E-state index contributed by atoms with van der Waals surface area (Å²) in [5.74, 6) is -7.54. The number of nitrogens with zero attached hydrogens (tertiary/aromatic N) is 1. The molecule has 0 heterocycles. The van der Waals surface area contributed by atoms with Gasteiger partial charge < -0.3 is 48.5 Å². The topological polar surface area (TPSA) is 290 Å². The lowest BCUT2D eigenvalue weighted by molar-refractivity contribution is -0.147. The molecule has 17 heteroatoms. The molecule has 0 aromatic rings. The summed E-state index contributed by atoms with van der Waals surface area (Å²) in [4.78, 5) is 74.1. The number of hydrogen-bond acceptors (Lipinski definition) is 9. The van der Waals surface area contributed by atoms with E-state index in [2.05, 4.69) is 28.3 Å². The summed E-state index contributed by atoms with van der Waals surface area (Å²) in [6.45, 7) is 0.212. The van der Waals surface area contributed by atoms with Gasteiger partial charge in [-0.05, 0) is 19.3 Å². The summed E-state index contributed by atoms with van der Waals surface area (Å²) >= 11 is 3.92. The summed E-state index contributed by atoms with van der Waals surface area (Å²) < 4.78 is 0. The van der Waals surface area contributed by atoms with Gasteiger partial charge in [-0.25, -0.2) is 4.79 Å². The van der Waals surface area contributed by atoms with E-state index in [0.717, 1.165) is 0 Å². The molecule has 16 nitrogen and oxygen atoms in total. The van der Waals surface area contributed by atoms with Crippen LogP contribution in [0.25, 0.3) is 0 Å². The monoisotopic (exact) mass is 521 g/mol. The third kappa shape index (κ3) is 13.6. The van der Waals surface area contributed by atoms with Gasteiger partial charge in [-0.1, -0.05) is 0 Å². The molecule has 0 aliphatic carbocycles. The molecule has 4 unspecified atom stereocenters. The number of carboxylic acid groups (broad SMARTS) is 3. The molecule has 0 aromatic heterocycles. The minimum atomic E-state index is -1.77. The first kappa shape index (κ1) is 31.4. The average Bonchev–Trinajstić information content (AvgIpc) is 2.75. The van der Waals surface area contributed by atoms with Gasteiger partial charge in [-0.2, -0.15) is 12.6 Å². The maximum atomic E-state index is 12.7. The molecule has 3 amide bonds. The Balaban J connectivity index is 5.25. The van der Waals surface area contributed by atoms with Crippen LogP contribution in [0.5, 0.6) is 0 Å². The number of hydrogen-bond donors (Lipinski definition) is 10. The normalized spacial score (nSPS) is 13.9. The lowest BCUT2D eigenvalue weighted by atomic mass is 10.1. The standard InChI is InChI=1S/C18H31N7O9S/c19-8(2-1-5-22-18(20)21)14(30)23-9(3-4-12(26)27)15(31)25-11(7-35)16(32)24-10(17(33)34)6-13(28)29/h8-11,35H,1-7,19H2,(H,23,30)(H,24,32)(H,25,31)(H,26,27)(H,28,29)(H,33,34)(H4,20,21,22). The molecule has 0 bridgehead atoms. The van der Waals surface area contributed by atoms with Gasteiger partial charge in [0.05, 0.1) is 12.5 Å². The second-order valence-corrected chi connectivity index (χ2v) is 7.66. The number of carbonyl (C=O) groups excluding carboxylic acids is 3. The predicted octanol–water partition coefficient (Wildman–Crippen LogP) is -3.82. The average molecular weight is 522 g/mol. The van der Waals surface area contributed by atoms with Crippen molar-refractivity contribution in [2.45, 2.75) is 56.3 Å². The van der Waals surface area contributed by atoms with Crippen LogP contribution in [0.3, 0.4) is 0 Å². The highest BCUT2D eigenvalue weighted by Crippen LogP contribution is 2.04. The van der Waals surface area contributed by atoms with Gasteiger partial charge in [0.15, 0.2) is 5.96 Å². The van der Waals surface area contributed by atoms with Crippen LogP contribution in [0.1, 0.15) is 32.1 Å². The number of amides is 3. The molecule has 0 saturated heterocycles. The molecule has 0 rings (SSSR count). The zero-order chi connectivity index (χ0) is 27.1. The van der Waals surface area contributed by atoms with Crippen molar-refractivity contribution >= 4 is 54.2 Å². The Morgan fingerprint density at radius 2 is 1.34 bits per heavy atom. The van der Waals surface area contributed by atoms with Crippen LogP contribution in [0, 0.1) is 0 Å². The fourth-order valence-corrected chi connectivity index (χ4v) is 2.84. The second kappa shape index (κ2) is 16.1. The maximum absolute atomic E-state index is 12.7. The summed E-state index contributed by atoms with van der Waals surface area (Å²) in [5, 5.41) is 33.3. The molecule has 4 atom stereocenters. The minimum absolute atomic E-state index is 0.131. The second-order valence-electron chi connectivity index (χ2n) is 7.29. The van der Waals surface area contributed by atoms with Gasteiger partial charge >= 0.3 is 17.9 Å². The highest BCUT2D eigenvalue weighted by molar-refractivity contribution is 7.80. The van der Waals surface area contributed by atoms with E-state index in [1.165, 1.54) is 0 Å². The largest absolute Gasteiger partial charge is 0.481 e. The van der Waals surface area contributed by atoms with Crippen molar-refractivity contribution in [1.82, 2.24) is 16.0 Å². The van der Waals surface area contributed by atoms with Gasteiger partial charge in [0.25, 0.3) is 0 Å². The number of nitrogens with two attached hydrogens (primary N) is 3. The van der Waals surface area contributed by atoms with E-state index < -0.39 is 72.6 Å². The van der Waals surface area contributed by atoms with Crippen molar-refractivity contribution in [2.75, 3.05) is 12.3 Å². The van der Waals surface area contributed by atoms with Gasteiger partial charge in [-0.3, -0.25) is 29.0 Å². The Labute approximate surface area is 205 Å². The van der Waals surface area contributed by atoms with Crippen molar-refractivity contribution in [2.24, 2.45) is 22.2 Å². The fraction of sp³-hybridized carbons (Fsp3) is 0.611. The summed E-state index contributed by atoms with van der Waals surface area (Å²) in [7, 11) is 0. The summed E-state index contributed by atoms with van der Waals surface area (Å²) in [6.07, 6.45) is -1.26. The molecule has 12 N–H and O–H groups in total. The van der Waals surface area contributed by atoms with Gasteiger partial charge in [0.1, 0.15) is 18.1 Å². The van der Waals surface area contributed by atoms with Crippen LogP contribution < -0.4 is 33.2 Å². The quantitative estimate of drug-likeness (QED) is 0.0381. The SMILES string of the molecule is NC(N)=NCCCC(N)C(=O)NC(CCC(=O)O)C(=O)NC(CS)C(=O)NC(CC(=O)O)C(=O)O. The highest BCUT2D eigenvalue weighted by Gasteiger charge is 2.30. The summed E-state index contributed by atoms with van der Waals surface area (Å²) in [6, 6.07) is -5.65. The van der Waals surface area contributed by atoms with E-state index >= 15 is 0 Å². The minimum Gasteiger partial charge on any atom is -0.481 e. The van der Waals surface area contributed by atoms with E-state index in [0.29, 0.717) is 6.42 Å². The lowest BCUT2D eigenvalue weighted by Gasteiger charge is -2.24. The van der Waals surface area contributed by atoms with E-state index in [4.69, 9.17) is 32.5 Å². The number of aliphatic carboxylic acids is 3. The number of thiol groups is 1. The number of guanidine groups is 1. The molecule has 0 saturated carbocycles. The van der Waals surface area contributed by atoms with Crippen LogP contribution in [-0.2, 0) is 28.8 Å². The van der Waals surface area contributed by atoms with Crippen LogP contribution in [0.4, 0.5) is 0 Å². The van der Waals surface area contributed by atoms with Crippen molar-refractivity contribution in [3.05, 3.63) is 0 Å². The third-order valence-corrected chi connectivity index (χ3v) is 4.76. The lowest BCUT2D eigenvalue weighted by Crippen LogP contribution is -2.57. The highest BCUT2D eigenvalue weighted by atomic mass is 32.1. The number of aliphatic imine (C=N–C) groups is 1. The molecular formula is C18H31N7O9S. The first-order valence-corrected chi connectivity index (χ1v) is 10.9. The molecule has 35 heavy (non-hydrogen) atoms. The first-order valence-electron chi connectivity index (χ1n) is 10.3. The van der Waals surface area contributed by atoms with Gasteiger partial charge in [-0.15, -0.1) is 0 Å². The number of carboxylic acids is 3. The van der Waals surface area contributed by atoms with Crippen molar-refractivity contribution in [1.29, 1.82) is 0 Å². The Kier molecular flexibility index (Phi) is 14.4. The Bertz CT molecular complexity index is 820. The van der Waals surface area contributed by atoms with Gasteiger partial charge in [0, 0.05) is 18.7 Å². The number of carbonyl (C=O) groups is 6. The molecule has 0 radical (unpaired) electrons. The van der Waals surface area contributed by atoms with E-state index in [1.807, 2.05) is 5.32 Å². The van der Waals surface area contributed by atoms with Gasteiger partial charge in [0.2, 0.25) is 17.7 Å². The molecule has 0 aliphatic heterocycles.